The van der Waals surface area contributed by atoms with Gasteiger partial charge < -0.3 is 10.2 Å². The van der Waals surface area contributed by atoms with E-state index in [1.807, 2.05) is 0 Å². The number of nitrogens with one attached hydrogen (secondary N) is 1. The van der Waals surface area contributed by atoms with Crippen molar-refractivity contribution in [3.05, 3.63) is 29.3 Å². The molecule has 2 rings (SSSR count). The Morgan fingerprint density at radius 3 is 2.95 bits per heavy atom. The average molecular weight is 278 g/mol. The Bertz CT molecular complexity index is 400. The van der Waals surface area contributed by atoms with Crippen molar-refractivity contribution in [1.29, 1.82) is 0 Å². The molecule has 1 heterocycles. The van der Waals surface area contributed by atoms with Crippen molar-refractivity contribution in [2.24, 2.45) is 0 Å². The zero-order valence-electron chi connectivity index (χ0n) is 12.4. The van der Waals surface area contributed by atoms with E-state index in [4.69, 9.17) is 0 Å². The Morgan fingerprint density at radius 1 is 1.42 bits per heavy atom. The van der Waals surface area contributed by atoms with Gasteiger partial charge in [-0.2, -0.15) is 11.8 Å². The molecule has 0 spiro atoms. The summed E-state index contributed by atoms with van der Waals surface area (Å²) in [6, 6.07) is 7.56. The number of hydrogen-bond acceptors (Lipinski definition) is 3. The minimum Gasteiger partial charge on any atom is -0.370 e. The van der Waals surface area contributed by atoms with Crippen molar-refractivity contribution in [3.8, 4) is 0 Å². The van der Waals surface area contributed by atoms with Gasteiger partial charge in [0.15, 0.2) is 0 Å². The lowest BCUT2D eigenvalue weighted by atomic mass is 10.1. The van der Waals surface area contributed by atoms with Crippen molar-refractivity contribution in [1.82, 2.24) is 5.32 Å². The number of aryl methyl sites for hydroxylation is 1. The van der Waals surface area contributed by atoms with Gasteiger partial charge in [0.1, 0.15) is 0 Å². The molecule has 19 heavy (non-hydrogen) atoms. The second kappa shape index (κ2) is 7.20. The Kier molecular flexibility index (Phi) is 5.59. The topological polar surface area (TPSA) is 15.3 Å². The molecular formula is C16H26N2S. The Balaban J connectivity index is 2.12. The van der Waals surface area contributed by atoms with Crippen LogP contribution in [0.15, 0.2) is 18.2 Å². The summed E-state index contributed by atoms with van der Waals surface area (Å²) in [6.07, 6.45) is 2.51. The molecule has 0 amide bonds. The second-order valence-electron chi connectivity index (χ2n) is 5.44. The van der Waals surface area contributed by atoms with Crippen molar-refractivity contribution < 1.29 is 0 Å². The molecule has 3 heteroatoms. The van der Waals surface area contributed by atoms with Crippen LogP contribution in [0.25, 0.3) is 0 Å². The molecule has 1 aromatic rings. The predicted molar refractivity (Wildman–Crippen MR) is 87.3 cm³/mol. The van der Waals surface area contributed by atoms with Crippen LogP contribution in [-0.4, -0.2) is 31.1 Å². The zero-order chi connectivity index (χ0) is 13.7. The minimum atomic E-state index is 0.706. The maximum Gasteiger partial charge on any atom is 0.0412 e. The summed E-state index contributed by atoms with van der Waals surface area (Å²) < 4.78 is 0. The lowest BCUT2D eigenvalue weighted by Gasteiger charge is -2.28. The van der Waals surface area contributed by atoms with Crippen molar-refractivity contribution in [2.45, 2.75) is 39.3 Å². The number of benzene rings is 1. The number of nitrogens with zero attached hydrogens (tertiary/aromatic N) is 1. The van der Waals surface area contributed by atoms with E-state index in [9.17, 15) is 0 Å². The Hall–Kier alpha value is -0.670. The molecule has 0 aromatic heterocycles. The molecular weight excluding hydrogens is 252 g/mol. The summed E-state index contributed by atoms with van der Waals surface area (Å²) >= 11 is 2.08. The van der Waals surface area contributed by atoms with Gasteiger partial charge in [0.05, 0.1) is 0 Å². The van der Waals surface area contributed by atoms with E-state index < -0.39 is 0 Å². The van der Waals surface area contributed by atoms with E-state index in [0.29, 0.717) is 6.04 Å². The standard InChI is InChI=1S/C16H26N2S/c1-4-8-17-11-14-10-13(2)5-6-16(14)18(3)15-7-9-19-12-15/h5-6,10,15,17H,4,7-9,11-12H2,1-3H3. The highest BCUT2D eigenvalue weighted by Gasteiger charge is 2.21. The molecule has 1 aliphatic heterocycles. The summed E-state index contributed by atoms with van der Waals surface area (Å²) in [5.74, 6) is 2.58. The highest BCUT2D eigenvalue weighted by Crippen LogP contribution is 2.28. The third-order valence-electron chi connectivity index (χ3n) is 3.81. The van der Waals surface area contributed by atoms with E-state index >= 15 is 0 Å². The van der Waals surface area contributed by atoms with Crippen LogP contribution in [-0.2, 0) is 6.54 Å². The maximum atomic E-state index is 3.53. The van der Waals surface area contributed by atoms with Gasteiger partial charge in [0, 0.05) is 31.1 Å². The minimum absolute atomic E-state index is 0.706. The van der Waals surface area contributed by atoms with Crippen LogP contribution in [0.2, 0.25) is 0 Å². The van der Waals surface area contributed by atoms with E-state index in [-0.39, 0.29) is 0 Å². The SMILES string of the molecule is CCCNCc1cc(C)ccc1N(C)C1CCSC1. The highest BCUT2D eigenvalue weighted by molar-refractivity contribution is 7.99. The summed E-state index contributed by atoms with van der Waals surface area (Å²) in [6.45, 7) is 6.47. The highest BCUT2D eigenvalue weighted by atomic mass is 32.2. The van der Waals surface area contributed by atoms with Crippen LogP contribution in [0.3, 0.4) is 0 Å². The fraction of sp³-hybridized carbons (Fsp3) is 0.625. The van der Waals surface area contributed by atoms with E-state index in [0.717, 1.165) is 13.1 Å². The second-order valence-corrected chi connectivity index (χ2v) is 6.59. The van der Waals surface area contributed by atoms with Gasteiger partial charge in [0.2, 0.25) is 0 Å². The van der Waals surface area contributed by atoms with Crippen molar-refractivity contribution >= 4 is 17.4 Å². The first kappa shape index (κ1) is 14.7. The molecule has 1 atom stereocenters. The van der Waals surface area contributed by atoms with Crippen molar-refractivity contribution in [2.75, 3.05) is 30.0 Å². The predicted octanol–water partition coefficient (Wildman–Crippen LogP) is 3.44. The van der Waals surface area contributed by atoms with Gasteiger partial charge in [-0.1, -0.05) is 24.6 Å². The molecule has 106 valence electrons. The van der Waals surface area contributed by atoms with Crippen LogP contribution >= 0.6 is 11.8 Å². The molecule has 1 fully saturated rings. The maximum absolute atomic E-state index is 3.53. The number of thioether (sulfide) groups is 1. The summed E-state index contributed by atoms with van der Waals surface area (Å²) in [5.41, 5.74) is 4.20. The van der Waals surface area contributed by atoms with Gasteiger partial charge >= 0.3 is 0 Å². The van der Waals surface area contributed by atoms with Crippen LogP contribution in [0.5, 0.6) is 0 Å². The van der Waals surface area contributed by atoms with Gasteiger partial charge in [0.25, 0.3) is 0 Å². The largest absolute Gasteiger partial charge is 0.370 e. The van der Waals surface area contributed by atoms with E-state index in [1.165, 1.54) is 41.2 Å². The molecule has 0 radical (unpaired) electrons. The molecule has 0 bridgehead atoms. The van der Waals surface area contributed by atoms with Crippen molar-refractivity contribution in [3.63, 3.8) is 0 Å². The van der Waals surface area contributed by atoms with Crippen LogP contribution in [0.1, 0.15) is 30.9 Å². The first-order valence-electron chi connectivity index (χ1n) is 7.33. The van der Waals surface area contributed by atoms with Gasteiger partial charge in [-0.3, -0.25) is 0 Å². The molecule has 1 aliphatic rings. The summed E-state index contributed by atoms with van der Waals surface area (Å²) in [4.78, 5) is 2.49. The molecule has 2 nitrogen and oxygen atoms in total. The number of anilines is 1. The van der Waals surface area contributed by atoms with Gasteiger partial charge in [-0.05, 0) is 43.7 Å². The fourth-order valence-electron chi connectivity index (χ4n) is 2.62. The average Bonchev–Trinajstić information content (AvgIpc) is 2.92. The smallest absolute Gasteiger partial charge is 0.0412 e. The van der Waals surface area contributed by atoms with Gasteiger partial charge in [-0.25, -0.2) is 0 Å². The summed E-state index contributed by atoms with van der Waals surface area (Å²) in [5, 5.41) is 3.53. The molecule has 1 N–H and O–H groups in total. The summed E-state index contributed by atoms with van der Waals surface area (Å²) in [7, 11) is 2.25. The van der Waals surface area contributed by atoms with Crippen LogP contribution in [0, 0.1) is 6.92 Å². The quantitative estimate of drug-likeness (QED) is 0.803. The molecule has 0 aliphatic carbocycles. The zero-order valence-corrected chi connectivity index (χ0v) is 13.2. The monoisotopic (exact) mass is 278 g/mol. The first-order chi connectivity index (χ1) is 9.22. The lowest BCUT2D eigenvalue weighted by molar-refractivity contribution is 0.662. The number of hydrogen-bond donors (Lipinski definition) is 1. The normalized spacial score (nSPS) is 18.8. The van der Waals surface area contributed by atoms with Crippen LogP contribution < -0.4 is 10.2 Å². The third-order valence-corrected chi connectivity index (χ3v) is 4.96. The molecule has 0 saturated carbocycles. The fourth-order valence-corrected chi connectivity index (χ4v) is 3.89. The Labute approximate surface area is 122 Å². The first-order valence-corrected chi connectivity index (χ1v) is 8.48. The molecule has 1 aromatic carbocycles. The van der Waals surface area contributed by atoms with E-state index in [2.05, 4.69) is 61.1 Å². The van der Waals surface area contributed by atoms with E-state index in [1.54, 1.807) is 0 Å². The lowest BCUT2D eigenvalue weighted by Crippen LogP contribution is -2.32. The molecule has 1 saturated heterocycles. The number of rotatable bonds is 6. The third kappa shape index (κ3) is 3.90. The molecule has 1 unspecified atom stereocenters. The Morgan fingerprint density at radius 2 is 2.26 bits per heavy atom. The van der Waals surface area contributed by atoms with Crippen LogP contribution in [0.4, 0.5) is 5.69 Å². The van der Waals surface area contributed by atoms with Gasteiger partial charge in [-0.15, -0.1) is 0 Å².